The number of aliphatic hydroxyl groups excluding tert-OH is 1. The van der Waals surface area contributed by atoms with E-state index < -0.39 is 10.0 Å². The molecular formula is C27H34N2O3S. The summed E-state index contributed by atoms with van der Waals surface area (Å²) in [6, 6.07) is 17.7. The molecule has 2 aromatic carbocycles. The Hall–Kier alpha value is -2.17. The number of fused-ring (bicyclic) bond motifs is 1. The van der Waals surface area contributed by atoms with Crippen molar-refractivity contribution in [3.8, 4) is 11.8 Å². The lowest BCUT2D eigenvalue weighted by Crippen LogP contribution is -2.67. The molecule has 1 N–H and O–H groups in total. The zero-order valence-corrected chi connectivity index (χ0v) is 20.3. The van der Waals surface area contributed by atoms with Gasteiger partial charge in [0.1, 0.15) is 0 Å². The van der Waals surface area contributed by atoms with Crippen molar-refractivity contribution in [3.05, 3.63) is 71.3 Å². The minimum absolute atomic E-state index is 0.0257. The molecule has 0 amide bonds. The van der Waals surface area contributed by atoms with Crippen molar-refractivity contribution >= 4 is 10.0 Å². The Labute approximate surface area is 198 Å². The maximum absolute atomic E-state index is 13.3. The summed E-state index contributed by atoms with van der Waals surface area (Å²) in [6.45, 7) is 6.14. The first-order valence-electron chi connectivity index (χ1n) is 11.9. The topological polar surface area (TPSA) is 60.9 Å². The fourth-order valence-electron chi connectivity index (χ4n) is 5.05. The van der Waals surface area contributed by atoms with Crippen LogP contribution in [0.3, 0.4) is 0 Å². The summed E-state index contributed by atoms with van der Waals surface area (Å²) in [7, 11) is -3.42. The van der Waals surface area contributed by atoms with Crippen molar-refractivity contribution in [2.24, 2.45) is 5.92 Å². The summed E-state index contributed by atoms with van der Waals surface area (Å²) < 4.78 is 28.3. The molecule has 0 radical (unpaired) electrons. The molecule has 0 bridgehead atoms. The second-order valence-electron chi connectivity index (χ2n) is 9.43. The molecule has 0 aliphatic carbocycles. The standard InChI is InChI=1S/C27H34N2O3S/c1-21(2)10-11-22-12-14-24(15-13-22)27-25-18-28(16-6-7-17-29(25)26(27)19-30)33(31,32)20-23-8-4-3-5-9-23/h3-5,8-9,12-15,21,25-27,30H,6-7,16-20H2,1-2H3/t25-,26-,27+/m0/s1. The smallest absolute Gasteiger partial charge is 0.218 e. The van der Waals surface area contributed by atoms with Crippen LogP contribution in [0.25, 0.3) is 0 Å². The Bertz CT molecular complexity index is 1090. The highest BCUT2D eigenvalue weighted by Gasteiger charge is 2.50. The number of hydrogen-bond acceptors (Lipinski definition) is 4. The minimum atomic E-state index is -3.42. The summed E-state index contributed by atoms with van der Waals surface area (Å²) in [4.78, 5) is 2.31. The van der Waals surface area contributed by atoms with Crippen LogP contribution < -0.4 is 0 Å². The highest BCUT2D eigenvalue weighted by atomic mass is 32.2. The third-order valence-corrected chi connectivity index (χ3v) is 8.54. The van der Waals surface area contributed by atoms with Gasteiger partial charge < -0.3 is 5.11 Å². The predicted molar refractivity (Wildman–Crippen MR) is 132 cm³/mol. The molecule has 2 fully saturated rings. The molecule has 0 unspecified atom stereocenters. The van der Waals surface area contributed by atoms with Gasteiger partial charge in [0.05, 0.1) is 12.4 Å². The van der Waals surface area contributed by atoms with E-state index in [0.29, 0.717) is 19.0 Å². The van der Waals surface area contributed by atoms with Gasteiger partial charge in [-0.15, -0.1) is 0 Å². The quantitative estimate of drug-likeness (QED) is 0.686. The van der Waals surface area contributed by atoms with Crippen LogP contribution >= 0.6 is 0 Å². The number of sulfonamides is 1. The average Bonchev–Trinajstić information content (AvgIpc) is 2.77. The average molecular weight is 467 g/mol. The van der Waals surface area contributed by atoms with Gasteiger partial charge in [-0.3, -0.25) is 4.90 Å². The first-order chi connectivity index (χ1) is 15.9. The number of benzene rings is 2. The fraction of sp³-hybridized carbons (Fsp3) is 0.481. The minimum Gasteiger partial charge on any atom is -0.395 e. The van der Waals surface area contributed by atoms with E-state index in [-0.39, 0.29) is 30.4 Å². The maximum atomic E-state index is 13.3. The highest BCUT2D eigenvalue weighted by Crippen LogP contribution is 2.42. The van der Waals surface area contributed by atoms with E-state index in [9.17, 15) is 13.5 Å². The second-order valence-corrected chi connectivity index (χ2v) is 11.4. The van der Waals surface area contributed by atoms with Crippen LogP contribution in [0, 0.1) is 17.8 Å². The zero-order valence-electron chi connectivity index (χ0n) is 19.5. The molecule has 2 aliphatic heterocycles. The van der Waals surface area contributed by atoms with Crippen molar-refractivity contribution in [1.82, 2.24) is 9.21 Å². The van der Waals surface area contributed by atoms with Crippen LogP contribution in [0.15, 0.2) is 54.6 Å². The molecule has 0 aromatic heterocycles. The predicted octanol–water partition coefficient (Wildman–Crippen LogP) is 3.45. The van der Waals surface area contributed by atoms with Crippen LogP contribution in [0.2, 0.25) is 0 Å². The normalized spacial score (nSPS) is 24.2. The largest absolute Gasteiger partial charge is 0.395 e. The van der Waals surface area contributed by atoms with E-state index in [4.69, 9.17) is 0 Å². The first-order valence-corrected chi connectivity index (χ1v) is 13.5. The molecule has 2 saturated heterocycles. The summed E-state index contributed by atoms with van der Waals surface area (Å²) in [5.41, 5.74) is 2.94. The SMILES string of the molecule is CC(C)C#Cc1ccc([C@H]2[C@H](CO)N3CCCCN(S(=O)(=O)Cc4ccccc4)C[C@@H]23)cc1. The summed E-state index contributed by atoms with van der Waals surface area (Å²) in [6.07, 6.45) is 1.77. The lowest BCUT2D eigenvalue weighted by Gasteiger charge is -2.57. The summed E-state index contributed by atoms with van der Waals surface area (Å²) in [5.74, 6) is 6.84. The Balaban J connectivity index is 1.55. The molecular weight excluding hydrogens is 432 g/mol. The van der Waals surface area contributed by atoms with E-state index in [1.807, 2.05) is 42.5 Å². The van der Waals surface area contributed by atoms with Gasteiger partial charge in [-0.05, 0) is 42.6 Å². The van der Waals surface area contributed by atoms with Gasteiger partial charge in [0.15, 0.2) is 0 Å². The molecule has 176 valence electrons. The fourth-order valence-corrected chi connectivity index (χ4v) is 6.64. The van der Waals surface area contributed by atoms with Crippen LogP contribution in [0.1, 0.15) is 49.3 Å². The number of rotatable bonds is 5. The van der Waals surface area contributed by atoms with Crippen LogP contribution in [0.4, 0.5) is 0 Å². The molecule has 3 atom stereocenters. The highest BCUT2D eigenvalue weighted by molar-refractivity contribution is 7.88. The van der Waals surface area contributed by atoms with E-state index in [1.54, 1.807) is 4.31 Å². The number of hydrogen-bond donors (Lipinski definition) is 1. The van der Waals surface area contributed by atoms with E-state index >= 15 is 0 Å². The van der Waals surface area contributed by atoms with Gasteiger partial charge in [0.25, 0.3) is 0 Å². The lowest BCUT2D eigenvalue weighted by molar-refractivity contribution is -0.0554. The Kier molecular flexibility index (Phi) is 7.55. The lowest BCUT2D eigenvalue weighted by atomic mass is 9.74. The molecule has 4 rings (SSSR count). The third kappa shape index (κ3) is 5.50. The van der Waals surface area contributed by atoms with Crippen molar-refractivity contribution in [1.29, 1.82) is 0 Å². The van der Waals surface area contributed by atoms with Gasteiger partial charge in [-0.2, -0.15) is 0 Å². The number of nitrogens with zero attached hydrogens (tertiary/aromatic N) is 2. The molecule has 0 saturated carbocycles. The number of aliphatic hydroxyl groups is 1. The molecule has 2 aromatic rings. The van der Waals surface area contributed by atoms with Crippen LogP contribution in [-0.4, -0.2) is 61.1 Å². The van der Waals surface area contributed by atoms with Gasteiger partial charge in [-0.25, -0.2) is 12.7 Å². The van der Waals surface area contributed by atoms with E-state index in [0.717, 1.165) is 36.1 Å². The summed E-state index contributed by atoms with van der Waals surface area (Å²) >= 11 is 0. The van der Waals surface area contributed by atoms with Crippen molar-refractivity contribution in [3.63, 3.8) is 0 Å². The Morgan fingerprint density at radius 1 is 1.03 bits per heavy atom. The summed E-state index contributed by atoms with van der Waals surface area (Å²) in [5, 5.41) is 10.1. The van der Waals surface area contributed by atoms with Crippen LogP contribution in [0.5, 0.6) is 0 Å². The van der Waals surface area contributed by atoms with E-state index in [1.165, 1.54) is 0 Å². The molecule has 2 aliphatic rings. The Morgan fingerprint density at radius 2 is 1.73 bits per heavy atom. The van der Waals surface area contributed by atoms with Gasteiger partial charge >= 0.3 is 0 Å². The molecule has 0 spiro atoms. The van der Waals surface area contributed by atoms with Gasteiger partial charge in [-0.1, -0.05) is 68.2 Å². The van der Waals surface area contributed by atoms with Crippen molar-refractivity contribution in [2.45, 2.75) is 50.4 Å². The van der Waals surface area contributed by atoms with Gasteiger partial charge in [0.2, 0.25) is 10.0 Å². The molecule has 6 heteroatoms. The first kappa shape index (κ1) is 24.0. The molecule has 2 heterocycles. The second kappa shape index (κ2) is 10.4. The third-order valence-electron chi connectivity index (χ3n) is 6.72. The molecule has 5 nitrogen and oxygen atoms in total. The van der Waals surface area contributed by atoms with Gasteiger partial charge in [0, 0.05) is 42.6 Å². The van der Waals surface area contributed by atoms with Crippen molar-refractivity contribution in [2.75, 3.05) is 26.2 Å². The monoisotopic (exact) mass is 466 g/mol. The molecule has 33 heavy (non-hydrogen) atoms. The van der Waals surface area contributed by atoms with Crippen LogP contribution in [-0.2, 0) is 15.8 Å². The maximum Gasteiger partial charge on any atom is 0.218 e. The Morgan fingerprint density at radius 3 is 2.39 bits per heavy atom. The van der Waals surface area contributed by atoms with E-state index in [2.05, 4.69) is 42.7 Å². The van der Waals surface area contributed by atoms with Crippen molar-refractivity contribution < 1.29 is 13.5 Å². The zero-order chi connectivity index (χ0) is 23.4.